The van der Waals surface area contributed by atoms with Gasteiger partial charge in [-0.2, -0.15) is 0 Å². The number of hydrogen-bond donors (Lipinski definition) is 0. The van der Waals surface area contributed by atoms with E-state index in [-0.39, 0.29) is 0 Å². The summed E-state index contributed by atoms with van der Waals surface area (Å²) in [5, 5.41) is 6.89. The van der Waals surface area contributed by atoms with E-state index in [4.69, 9.17) is 8.83 Å². The van der Waals surface area contributed by atoms with E-state index >= 15 is 0 Å². The SMILES string of the molecule is c1ccc(N(c2ccc(-c3cccc4oc5ccccc5c34)cc2)c2cccc3ccccc23)c(-c2cccc3oc4ccccc4c23)c1. The molecule has 230 valence electrons. The first-order valence-electron chi connectivity index (χ1n) is 16.6. The molecule has 49 heavy (non-hydrogen) atoms. The maximum absolute atomic E-state index is 6.33. The molecule has 8 aromatic carbocycles. The molecule has 0 radical (unpaired) electrons. The van der Waals surface area contributed by atoms with Crippen molar-refractivity contribution in [2.45, 2.75) is 0 Å². The molecular formula is C46H29NO2. The van der Waals surface area contributed by atoms with Gasteiger partial charge in [-0.25, -0.2) is 0 Å². The Morgan fingerprint density at radius 3 is 1.55 bits per heavy atom. The summed E-state index contributed by atoms with van der Waals surface area (Å²) in [7, 11) is 0. The number of furan rings is 2. The van der Waals surface area contributed by atoms with Gasteiger partial charge in [-0.3, -0.25) is 0 Å². The summed E-state index contributed by atoms with van der Waals surface area (Å²) in [6.07, 6.45) is 0. The van der Waals surface area contributed by atoms with Crippen molar-refractivity contribution in [1.82, 2.24) is 0 Å². The van der Waals surface area contributed by atoms with Crippen molar-refractivity contribution in [1.29, 1.82) is 0 Å². The summed E-state index contributed by atoms with van der Waals surface area (Å²) in [5.74, 6) is 0. The maximum atomic E-state index is 6.33. The quantitative estimate of drug-likeness (QED) is 0.190. The van der Waals surface area contributed by atoms with Crippen LogP contribution in [0.1, 0.15) is 0 Å². The van der Waals surface area contributed by atoms with E-state index in [1.165, 1.54) is 10.8 Å². The Kier molecular flexibility index (Phi) is 6.18. The van der Waals surface area contributed by atoms with Crippen LogP contribution in [0.3, 0.4) is 0 Å². The minimum atomic E-state index is 0.885. The Morgan fingerprint density at radius 1 is 0.327 bits per heavy atom. The summed E-state index contributed by atoms with van der Waals surface area (Å²) >= 11 is 0. The van der Waals surface area contributed by atoms with Crippen molar-refractivity contribution in [2.24, 2.45) is 0 Å². The van der Waals surface area contributed by atoms with E-state index in [0.717, 1.165) is 83.2 Å². The molecule has 0 atom stereocenters. The first-order valence-corrected chi connectivity index (χ1v) is 16.6. The Labute approximate surface area is 282 Å². The normalized spacial score (nSPS) is 11.7. The molecule has 0 unspecified atom stereocenters. The average Bonchev–Trinajstić information content (AvgIpc) is 3.74. The van der Waals surface area contributed by atoms with Crippen molar-refractivity contribution >= 4 is 71.7 Å². The lowest BCUT2D eigenvalue weighted by Gasteiger charge is -2.29. The average molecular weight is 628 g/mol. The second-order valence-corrected chi connectivity index (χ2v) is 12.5. The highest BCUT2D eigenvalue weighted by Gasteiger charge is 2.22. The van der Waals surface area contributed by atoms with E-state index in [9.17, 15) is 0 Å². The van der Waals surface area contributed by atoms with Gasteiger partial charge < -0.3 is 13.7 Å². The first-order chi connectivity index (χ1) is 24.3. The number of fused-ring (bicyclic) bond motifs is 7. The molecule has 2 heterocycles. The maximum Gasteiger partial charge on any atom is 0.136 e. The number of nitrogens with zero attached hydrogens (tertiary/aromatic N) is 1. The summed E-state index contributed by atoms with van der Waals surface area (Å²) in [4.78, 5) is 2.40. The third kappa shape index (κ3) is 4.37. The second-order valence-electron chi connectivity index (χ2n) is 12.5. The Hall–Kier alpha value is -6.58. The van der Waals surface area contributed by atoms with Gasteiger partial charge >= 0.3 is 0 Å². The Bertz CT molecular complexity index is 2830. The Morgan fingerprint density at radius 2 is 0.816 bits per heavy atom. The van der Waals surface area contributed by atoms with Crippen LogP contribution in [0.25, 0.3) is 76.9 Å². The second kappa shape index (κ2) is 11.0. The highest BCUT2D eigenvalue weighted by molar-refractivity contribution is 6.15. The molecule has 0 fully saturated rings. The minimum absolute atomic E-state index is 0.885. The molecule has 0 spiro atoms. The lowest BCUT2D eigenvalue weighted by Crippen LogP contribution is -2.11. The number of rotatable bonds is 5. The number of benzene rings is 8. The highest BCUT2D eigenvalue weighted by atomic mass is 16.3. The highest BCUT2D eigenvalue weighted by Crippen LogP contribution is 2.46. The van der Waals surface area contributed by atoms with Gasteiger partial charge in [0.15, 0.2) is 0 Å². The molecule has 3 nitrogen and oxygen atoms in total. The fraction of sp³-hybridized carbons (Fsp3) is 0. The van der Waals surface area contributed by atoms with Gasteiger partial charge in [-0.1, -0.05) is 127 Å². The van der Waals surface area contributed by atoms with Crippen LogP contribution in [0.5, 0.6) is 0 Å². The Balaban J connectivity index is 1.20. The largest absolute Gasteiger partial charge is 0.456 e. The number of para-hydroxylation sites is 3. The molecular weight excluding hydrogens is 599 g/mol. The van der Waals surface area contributed by atoms with Crippen molar-refractivity contribution in [3.05, 3.63) is 176 Å². The number of hydrogen-bond acceptors (Lipinski definition) is 3. The van der Waals surface area contributed by atoms with Crippen molar-refractivity contribution in [3.8, 4) is 22.3 Å². The van der Waals surface area contributed by atoms with Crippen molar-refractivity contribution < 1.29 is 8.83 Å². The van der Waals surface area contributed by atoms with Gasteiger partial charge in [0, 0.05) is 38.2 Å². The summed E-state index contributed by atoms with van der Waals surface area (Å²) < 4.78 is 12.6. The van der Waals surface area contributed by atoms with Crippen LogP contribution >= 0.6 is 0 Å². The molecule has 0 aliphatic carbocycles. The van der Waals surface area contributed by atoms with Crippen LogP contribution in [0.15, 0.2) is 185 Å². The van der Waals surface area contributed by atoms with Crippen LogP contribution in [0.2, 0.25) is 0 Å². The minimum Gasteiger partial charge on any atom is -0.456 e. The van der Waals surface area contributed by atoms with E-state index in [1.807, 2.05) is 24.3 Å². The molecule has 10 aromatic rings. The zero-order valence-corrected chi connectivity index (χ0v) is 26.5. The summed E-state index contributed by atoms with van der Waals surface area (Å²) in [6, 6.07) is 62.1. The molecule has 10 rings (SSSR count). The molecule has 0 aliphatic heterocycles. The topological polar surface area (TPSA) is 29.5 Å². The zero-order valence-electron chi connectivity index (χ0n) is 26.5. The fourth-order valence-electron chi connectivity index (χ4n) is 7.51. The van der Waals surface area contributed by atoms with E-state index in [2.05, 4.69) is 157 Å². The van der Waals surface area contributed by atoms with Gasteiger partial charge in [-0.05, 0) is 70.6 Å². The van der Waals surface area contributed by atoms with Crippen LogP contribution in [0.4, 0.5) is 17.1 Å². The third-order valence-electron chi connectivity index (χ3n) is 9.68. The fourth-order valence-corrected chi connectivity index (χ4v) is 7.51. The van der Waals surface area contributed by atoms with Crippen LogP contribution in [-0.2, 0) is 0 Å². The standard InChI is InChI=1S/C46H29NO2/c1-2-14-33-30(12-1)13-9-21-39(33)47(32-28-26-31(27-29-32)34-18-10-24-43-45(34)37-16-4-7-22-41(37)48-43)40-20-6-3-15-35(40)36-19-11-25-44-46(36)38-17-5-8-23-42(38)49-44/h1-29H. The molecule has 0 saturated carbocycles. The molecule has 2 aromatic heterocycles. The molecule has 0 amide bonds. The van der Waals surface area contributed by atoms with Crippen LogP contribution in [0, 0.1) is 0 Å². The lowest BCUT2D eigenvalue weighted by atomic mass is 9.96. The molecule has 0 N–H and O–H groups in total. The molecule has 0 aliphatic rings. The third-order valence-corrected chi connectivity index (χ3v) is 9.68. The van der Waals surface area contributed by atoms with Gasteiger partial charge in [0.2, 0.25) is 0 Å². The van der Waals surface area contributed by atoms with Crippen molar-refractivity contribution in [3.63, 3.8) is 0 Å². The monoisotopic (exact) mass is 627 g/mol. The van der Waals surface area contributed by atoms with Crippen molar-refractivity contribution in [2.75, 3.05) is 4.90 Å². The summed E-state index contributed by atoms with van der Waals surface area (Å²) in [5.41, 5.74) is 11.4. The van der Waals surface area contributed by atoms with Gasteiger partial charge in [0.25, 0.3) is 0 Å². The van der Waals surface area contributed by atoms with Crippen LogP contribution in [-0.4, -0.2) is 0 Å². The first kappa shape index (κ1) is 27.5. The zero-order chi connectivity index (χ0) is 32.3. The van der Waals surface area contributed by atoms with E-state index < -0.39 is 0 Å². The van der Waals surface area contributed by atoms with Gasteiger partial charge in [0.05, 0.1) is 11.4 Å². The smallest absolute Gasteiger partial charge is 0.136 e. The molecule has 0 bridgehead atoms. The number of anilines is 3. The predicted octanol–water partition coefficient (Wildman–Crippen LogP) is 13.4. The van der Waals surface area contributed by atoms with Gasteiger partial charge in [-0.15, -0.1) is 0 Å². The lowest BCUT2D eigenvalue weighted by molar-refractivity contribution is 0.668. The van der Waals surface area contributed by atoms with Gasteiger partial charge in [0.1, 0.15) is 22.3 Å². The summed E-state index contributed by atoms with van der Waals surface area (Å²) in [6.45, 7) is 0. The molecule has 3 heteroatoms. The van der Waals surface area contributed by atoms with Crippen LogP contribution < -0.4 is 4.90 Å². The van der Waals surface area contributed by atoms with E-state index in [0.29, 0.717) is 0 Å². The molecule has 0 saturated heterocycles. The predicted molar refractivity (Wildman–Crippen MR) is 204 cm³/mol. The van der Waals surface area contributed by atoms with E-state index in [1.54, 1.807) is 0 Å².